The van der Waals surface area contributed by atoms with Crippen LogP contribution >= 0.6 is 0 Å². The molecular weight excluding hydrogens is 266 g/mol. The second-order valence-electron chi connectivity index (χ2n) is 4.73. The van der Waals surface area contributed by atoms with Gasteiger partial charge in [-0.15, -0.1) is 0 Å². The van der Waals surface area contributed by atoms with E-state index in [-0.39, 0.29) is 12.2 Å². The van der Waals surface area contributed by atoms with Crippen molar-refractivity contribution in [1.82, 2.24) is 0 Å². The number of rotatable bonds is 3. The van der Waals surface area contributed by atoms with Crippen LogP contribution in [0.5, 0.6) is 0 Å². The van der Waals surface area contributed by atoms with Gasteiger partial charge in [-0.1, -0.05) is 42.5 Å². The van der Waals surface area contributed by atoms with Crippen LogP contribution in [0.1, 0.15) is 37.9 Å². The molecule has 0 amide bonds. The van der Waals surface area contributed by atoms with Crippen LogP contribution in [0.2, 0.25) is 0 Å². The first-order valence-corrected chi connectivity index (χ1v) is 6.51. The lowest BCUT2D eigenvalue weighted by molar-refractivity contribution is 0.0354. The van der Waals surface area contributed by atoms with Crippen LogP contribution in [-0.2, 0) is 11.2 Å². The number of esters is 1. The third-order valence-corrected chi connectivity index (χ3v) is 3.48. The normalized spacial score (nSPS) is 16.0. The molecular formula is C17H11NO3. The van der Waals surface area contributed by atoms with Gasteiger partial charge in [-0.25, -0.2) is 4.79 Å². The Bertz CT molecular complexity index is 774. The van der Waals surface area contributed by atoms with Crippen molar-refractivity contribution in [3.05, 3.63) is 70.8 Å². The zero-order valence-electron chi connectivity index (χ0n) is 11.1. The van der Waals surface area contributed by atoms with E-state index < -0.39 is 12.1 Å². The van der Waals surface area contributed by atoms with Gasteiger partial charge in [0.15, 0.2) is 6.10 Å². The molecule has 0 saturated carbocycles. The Hall–Kier alpha value is -2.93. The summed E-state index contributed by atoms with van der Waals surface area (Å²) in [6.07, 6.45) is -0.780. The number of nitrogens with zero attached hydrogens (tertiary/aromatic N) is 1. The lowest BCUT2D eigenvalue weighted by atomic mass is 9.94. The van der Waals surface area contributed by atoms with Crippen LogP contribution in [0, 0.1) is 11.3 Å². The fourth-order valence-corrected chi connectivity index (χ4v) is 2.48. The minimum atomic E-state index is -0.923. The second-order valence-corrected chi connectivity index (χ2v) is 4.73. The quantitative estimate of drug-likeness (QED) is 0.639. The van der Waals surface area contributed by atoms with Gasteiger partial charge in [0.25, 0.3) is 0 Å². The maximum atomic E-state index is 12.7. The molecule has 2 aromatic carbocycles. The van der Waals surface area contributed by atoms with E-state index in [2.05, 4.69) is 0 Å². The standard InChI is InChI=1S/C17H11NO3/c18-10-9-11-5-1-2-6-12(11)15(19)16-13-7-3-4-8-14(13)17(20)21-16/h1-8,16H,9H2. The van der Waals surface area contributed by atoms with E-state index >= 15 is 0 Å². The van der Waals surface area contributed by atoms with Crippen LogP contribution in [0.25, 0.3) is 0 Å². The lowest BCUT2D eigenvalue weighted by Gasteiger charge is -2.12. The number of hydrogen-bond acceptors (Lipinski definition) is 4. The molecule has 1 atom stereocenters. The molecule has 102 valence electrons. The summed E-state index contributed by atoms with van der Waals surface area (Å²) in [7, 11) is 0. The first kappa shape index (κ1) is 13.1. The third kappa shape index (κ3) is 2.19. The number of Topliss-reactive ketones (excluding diaryl/α,β-unsaturated/α-hetero) is 1. The van der Waals surface area contributed by atoms with Crippen LogP contribution in [-0.4, -0.2) is 11.8 Å². The molecule has 0 spiro atoms. The number of cyclic esters (lactones) is 1. The van der Waals surface area contributed by atoms with Crippen molar-refractivity contribution in [2.75, 3.05) is 0 Å². The highest BCUT2D eigenvalue weighted by molar-refractivity contribution is 6.07. The second kappa shape index (κ2) is 5.22. The Kier molecular flexibility index (Phi) is 3.25. The summed E-state index contributed by atoms with van der Waals surface area (Å²) < 4.78 is 5.21. The molecule has 3 rings (SSSR count). The zero-order valence-corrected chi connectivity index (χ0v) is 11.1. The van der Waals surface area contributed by atoms with E-state index in [0.717, 1.165) is 0 Å². The Morgan fingerprint density at radius 1 is 1.14 bits per heavy atom. The smallest absolute Gasteiger partial charge is 0.339 e. The molecule has 1 heterocycles. The molecule has 21 heavy (non-hydrogen) atoms. The molecule has 1 aliphatic rings. The van der Waals surface area contributed by atoms with Gasteiger partial charge in [-0.05, 0) is 11.6 Å². The topological polar surface area (TPSA) is 67.2 Å². The average molecular weight is 277 g/mol. The largest absolute Gasteiger partial charge is 0.445 e. The van der Waals surface area contributed by atoms with Gasteiger partial charge in [-0.3, -0.25) is 4.79 Å². The number of ether oxygens (including phenoxy) is 1. The first-order chi connectivity index (χ1) is 10.2. The molecule has 4 heteroatoms. The van der Waals surface area contributed by atoms with Crippen LogP contribution < -0.4 is 0 Å². The van der Waals surface area contributed by atoms with E-state index in [1.165, 1.54) is 0 Å². The SMILES string of the molecule is N#CCc1ccccc1C(=O)C1OC(=O)c2ccccc21. The summed E-state index contributed by atoms with van der Waals surface area (Å²) in [4.78, 5) is 24.5. The van der Waals surface area contributed by atoms with E-state index in [4.69, 9.17) is 10.00 Å². The number of benzene rings is 2. The number of carbonyl (C=O) groups excluding carboxylic acids is 2. The molecule has 0 aromatic heterocycles. The van der Waals surface area contributed by atoms with Crippen molar-refractivity contribution >= 4 is 11.8 Å². The van der Waals surface area contributed by atoms with Crippen molar-refractivity contribution < 1.29 is 14.3 Å². The number of fused-ring (bicyclic) bond motifs is 1. The van der Waals surface area contributed by atoms with Crippen LogP contribution in [0.3, 0.4) is 0 Å². The minimum absolute atomic E-state index is 0.143. The summed E-state index contributed by atoms with van der Waals surface area (Å²) in [5.74, 6) is -0.777. The van der Waals surface area contributed by atoms with E-state index in [0.29, 0.717) is 22.3 Å². The highest BCUT2D eigenvalue weighted by Crippen LogP contribution is 2.33. The molecule has 0 bridgehead atoms. The van der Waals surface area contributed by atoms with Gasteiger partial charge >= 0.3 is 5.97 Å². The Labute approximate surface area is 121 Å². The van der Waals surface area contributed by atoms with Crippen molar-refractivity contribution in [1.29, 1.82) is 5.26 Å². The van der Waals surface area contributed by atoms with Crippen LogP contribution in [0.4, 0.5) is 0 Å². The van der Waals surface area contributed by atoms with E-state index in [9.17, 15) is 9.59 Å². The fourth-order valence-electron chi connectivity index (χ4n) is 2.48. The fraction of sp³-hybridized carbons (Fsp3) is 0.118. The minimum Gasteiger partial charge on any atom is -0.445 e. The number of carbonyl (C=O) groups is 2. The molecule has 1 unspecified atom stereocenters. The predicted octanol–water partition coefficient (Wildman–Crippen LogP) is 2.85. The highest BCUT2D eigenvalue weighted by Gasteiger charge is 2.36. The number of ketones is 1. The summed E-state index contributed by atoms with van der Waals surface area (Å²) in [6, 6.07) is 15.8. The van der Waals surface area contributed by atoms with Gasteiger partial charge in [0.2, 0.25) is 5.78 Å². The molecule has 1 aliphatic heterocycles. The molecule has 0 N–H and O–H groups in total. The van der Waals surface area contributed by atoms with Crippen molar-refractivity contribution in [3.8, 4) is 6.07 Å². The maximum absolute atomic E-state index is 12.7. The van der Waals surface area contributed by atoms with Gasteiger partial charge in [0.1, 0.15) is 0 Å². The number of nitriles is 1. The summed E-state index contributed by atoms with van der Waals surface area (Å²) in [5.41, 5.74) is 2.08. The summed E-state index contributed by atoms with van der Waals surface area (Å²) in [5, 5.41) is 8.84. The molecule has 0 aliphatic carbocycles. The lowest BCUT2D eigenvalue weighted by Crippen LogP contribution is -2.14. The van der Waals surface area contributed by atoms with Gasteiger partial charge < -0.3 is 4.74 Å². The van der Waals surface area contributed by atoms with Gasteiger partial charge in [-0.2, -0.15) is 5.26 Å². The monoisotopic (exact) mass is 277 g/mol. The highest BCUT2D eigenvalue weighted by atomic mass is 16.6. The summed E-state index contributed by atoms with van der Waals surface area (Å²) >= 11 is 0. The summed E-state index contributed by atoms with van der Waals surface area (Å²) in [6.45, 7) is 0. The Morgan fingerprint density at radius 3 is 2.67 bits per heavy atom. The van der Waals surface area contributed by atoms with E-state index in [1.807, 2.05) is 6.07 Å². The molecule has 0 radical (unpaired) electrons. The van der Waals surface area contributed by atoms with Gasteiger partial charge in [0, 0.05) is 11.1 Å². The third-order valence-electron chi connectivity index (χ3n) is 3.48. The first-order valence-electron chi connectivity index (χ1n) is 6.51. The molecule has 4 nitrogen and oxygen atoms in total. The molecule has 2 aromatic rings. The van der Waals surface area contributed by atoms with Gasteiger partial charge in [0.05, 0.1) is 18.1 Å². The van der Waals surface area contributed by atoms with Crippen molar-refractivity contribution in [3.63, 3.8) is 0 Å². The van der Waals surface area contributed by atoms with Crippen molar-refractivity contribution in [2.24, 2.45) is 0 Å². The predicted molar refractivity (Wildman–Crippen MR) is 74.7 cm³/mol. The average Bonchev–Trinajstić information content (AvgIpc) is 2.85. The van der Waals surface area contributed by atoms with Crippen molar-refractivity contribution in [2.45, 2.75) is 12.5 Å². The Balaban J connectivity index is 2.02. The van der Waals surface area contributed by atoms with Crippen LogP contribution in [0.15, 0.2) is 48.5 Å². The molecule has 0 saturated heterocycles. The molecule has 0 fully saturated rings. The zero-order chi connectivity index (χ0) is 14.8. The van der Waals surface area contributed by atoms with E-state index in [1.54, 1.807) is 48.5 Å². The Morgan fingerprint density at radius 2 is 1.86 bits per heavy atom. The maximum Gasteiger partial charge on any atom is 0.339 e. The number of hydrogen-bond donors (Lipinski definition) is 0.